The highest BCUT2D eigenvalue weighted by atomic mass is 35.5. The predicted molar refractivity (Wildman–Crippen MR) is 50.7 cm³/mol. The number of anilines is 1. The maximum absolute atomic E-state index is 12.8. The lowest BCUT2D eigenvalue weighted by molar-refractivity contribution is -0.0516. The summed E-state index contributed by atoms with van der Waals surface area (Å²) in [7, 11) is 0. The van der Waals surface area contributed by atoms with Crippen LogP contribution in [-0.4, -0.2) is 24.7 Å². The maximum Gasteiger partial charge on any atom is 0.174 e. The fourth-order valence-corrected chi connectivity index (χ4v) is 1.51. The molecule has 1 heterocycles. The monoisotopic (exact) mass is 217 g/mol. The lowest BCUT2D eigenvalue weighted by Crippen LogP contribution is -2.20. The Kier molecular flexibility index (Phi) is 2.58. The number of β-amino-alcohol motifs (C(OH)–C–C–N with tert-alkyl or cyclic N) is 1. The Bertz CT molecular complexity index is 348. The highest BCUT2D eigenvalue weighted by molar-refractivity contribution is 6.31. The van der Waals surface area contributed by atoms with Crippen molar-refractivity contribution in [1.29, 1.82) is 0 Å². The molecule has 5 heteroatoms. The third-order valence-corrected chi connectivity index (χ3v) is 2.36. The minimum Gasteiger partial charge on any atom is -0.366 e. The number of rotatable bonds is 1. The zero-order valence-corrected chi connectivity index (χ0v) is 8.04. The number of aliphatic hydroxyl groups excluding tert-OH is 1. The first kappa shape index (κ1) is 9.71. The largest absolute Gasteiger partial charge is 0.366 e. The molecule has 1 N–H and O–H groups in total. The van der Waals surface area contributed by atoms with E-state index in [1.54, 1.807) is 11.0 Å². The number of hydrogen-bond donors (Lipinski definition) is 1. The van der Waals surface area contributed by atoms with Gasteiger partial charge in [-0.25, -0.2) is 4.39 Å². The van der Waals surface area contributed by atoms with Crippen molar-refractivity contribution < 1.29 is 14.2 Å². The molecule has 1 fully saturated rings. The molecule has 1 aliphatic rings. The number of nitrogens with zero attached hydrogens (tertiary/aromatic N) is 1. The molecule has 76 valence electrons. The van der Waals surface area contributed by atoms with E-state index in [4.69, 9.17) is 21.4 Å². The zero-order valence-electron chi connectivity index (χ0n) is 7.28. The quantitative estimate of drug-likeness (QED) is 0.776. The molecule has 1 aromatic carbocycles. The lowest BCUT2D eigenvalue weighted by atomic mass is 10.3. The fraction of sp³-hybridized carbons (Fsp3) is 0.333. The van der Waals surface area contributed by atoms with Crippen LogP contribution in [0.4, 0.5) is 10.1 Å². The summed E-state index contributed by atoms with van der Waals surface area (Å²) in [6.07, 6.45) is -0.779. The van der Waals surface area contributed by atoms with Crippen molar-refractivity contribution in [2.45, 2.75) is 6.29 Å². The van der Waals surface area contributed by atoms with Crippen LogP contribution < -0.4 is 4.90 Å². The minimum absolute atomic E-state index is 0.0730. The van der Waals surface area contributed by atoms with Gasteiger partial charge in [-0.05, 0) is 18.2 Å². The van der Waals surface area contributed by atoms with Gasteiger partial charge in [-0.1, -0.05) is 11.6 Å². The van der Waals surface area contributed by atoms with Gasteiger partial charge in [0.1, 0.15) is 12.5 Å². The fourth-order valence-electron chi connectivity index (χ4n) is 1.33. The van der Waals surface area contributed by atoms with Crippen LogP contribution in [0.1, 0.15) is 0 Å². The van der Waals surface area contributed by atoms with Crippen molar-refractivity contribution in [3.05, 3.63) is 29.0 Å². The van der Waals surface area contributed by atoms with Gasteiger partial charge in [-0.15, -0.1) is 0 Å². The molecule has 3 nitrogen and oxygen atoms in total. The van der Waals surface area contributed by atoms with E-state index in [9.17, 15) is 4.39 Å². The van der Waals surface area contributed by atoms with Crippen LogP contribution in [0.25, 0.3) is 0 Å². The summed E-state index contributed by atoms with van der Waals surface area (Å²) >= 11 is 5.62. The van der Waals surface area contributed by atoms with E-state index in [-0.39, 0.29) is 5.02 Å². The van der Waals surface area contributed by atoms with Crippen molar-refractivity contribution in [2.75, 3.05) is 18.2 Å². The number of hydrogen-bond acceptors (Lipinski definition) is 3. The number of halogens is 2. The summed E-state index contributed by atoms with van der Waals surface area (Å²) in [6, 6.07) is 4.41. The Morgan fingerprint density at radius 1 is 1.57 bits per heavy atom. The van der Waals surface area contributed by atoms with E-state index < -0.39 is 12.1 Å². The third kappa shape index (κ3) is 1.82. The van der Waals surface area contributed by atoms with Crippen LogP contribution in [0.3, 0.4) is 0 Å². The van der Waals surface area contributed by atoms with Crippen LogP contribution in [-0.2, 0) is 4.74 Å². The van der Waals surface area contributed by atoms with Crippen molar-refractivity contribution in [2.24, 2.45) is 0 Å². The molecule has 14 heavy (non-hydrogen) atoms. The Balaban J connectivity index is 2.20. The topological polar surface area (TPSA) is 32.7 Å². The van der Waals surface area contributed by atoms with Gasteiger partial charge in [0.2, 0.25) is 0 Å². The molecule has 1 aliphatic heterocycles. The highest BCUT2D eigenvalue weighted by Crippen LogP contribution is 2.24. The summed E-state index contributed by atoms with van der Waals surface area (Å²) in [5.74, 6) is -0.448. The van der Waals surface area contributed by atoms with Gasteiger partial charge in [0, 0.05) is 5.69 Å². The van der Waals surface area contributed by atoms with Crippen molar-refractivity contribution in [3.8, 4) is 0 Å². The van der Waals surface area contributed by atoms with Crippen LogP contribution in [0.15, 0.2) is 18.2 Å². The minimum atomic E-state index is -0.779. The van der Waals surface area contributed by atoms with Gasteiger partial charge in [-0.2, -0.15) is 0 Å². The average molecular weight is 218 g/mol. The van der Waals surface area contributed by atoms with E-state index >= 15 is 0 Å². The smallest absolute Gasteiger partial charge is 0.174 e. The summed E-state index contributed by atoms with van der Waals surface area (Å²) in [5.41, 5.74) is 0.743. The molecule has 2 rings (SSSR count). The second-order valence-electron chi connectivity index (χ2n) is 3.07. The number of benzene rings is 1. The maximum atomic E-state index is 12.8. The molecule has 1 unspecified atom stereocenters. The first-order valence-electron chi connectivity index (χ1n) is 4.16. The third-order valence-electron chi connectivity index (χ3n) is 2.07. The molecule has 0 bridgehead atoms. The van der Waals surface area contributed by atoms with E-state index in [0.717, 1.165) is 5.69 Å². The lowest BCUT2D eigenvalue weighted by Gasteiger charge is -2.15. The molecule has 0 aliphatic carbocycles. The van der Waals surface area contributed by atoms with Crippen LogP contribution in [0.5, 0.6) is 0 Å². The molecule has 1 aromatic rings. The molecule has 0 amide bonds. The molecule has 0 radical (unpaired) electrons. The van der Waals surface area contributed by atoms with Gasteiger partial charge in [0.25, 0.3) is 0 Å². The van der Waals surface area contributed by atoms with Gasteiger partial charge in [0.05, 0.1) is 11.6 Å². The summed E-state index contributed by atoms with van der Waals surface area (Å²) in [4.78, 5) is 1.77. The van der Waals surface area contributed by atoms with E-state index in [0.29, 0.717) is 13.3 Å². The Labute approximate surface area is 85.7 Å². The van der Waals surface area contributed by atoms with Crippen molar-refractivity contribution in [1.82, 2.24) is 0 Å². The van der Waals surface area contributed by atoms with Gasteiger partial charge in [-0.3, -0.25) is 0 Å². The molecular formula is C9H9ClFNO2. The van der Waals surface area contributed by atoms with E-state index in [2.05, 4.69) is 0 Å². The second kappa shape index (κ2) is 3.73. The summed E-state index contributed by atoms with van der Waals surface area (Å²) in [6.45, 7) is 0.672. The predicted octanol–water partition coefficient (Wildman–Crippen LogP) is 1.59. The Morgan fingerprint density at radius 2 is 2.36 bits per heavy atom. The second-order valence-corrected chi connectivity index (χ2v) is 3.48. The molecule has 0 saturated carbocycles. The standard InChI is InChI=1S/C9H9ClFNO2/c10-7-3-6(1-2-8(7)11)12-4-9(13)14-5-12/h1-3,9,13H,4-5H2. The van der Waals surface area contributed by atoms with Crippen LogP contribution in [0.2, 0.25) is 5.02 Å². The Hall–Kier alpha value is -0.840. The normalized spacial score (nSPS) is 21.6. The molecule has 0 spiro atoms. The van der Waals surface area contributed by atoms with Gasteiger partial charge < -0.3 is 14.7 Å². The number of aliphatic hydroxyl groups is 1. The zero-order chi connectivity index (χ0) is 10.1. The molecular weight excluding hydrogens is 209 g/mol. The Morgan fingerprint density at radius 3 is 2.93 bits per heavy atom. The summed E-state index contributed by atoms with van der Waals surface area (Å²) < 4.78 is 17.8. The highest BCUT2D eigenvalue weighted by Gasteiger charge is 2.21. The SMILES string of the molecule is OC1CN(c2ccc(F)c(Cl)c2)CO1. The number of ether oxygens (including phenoxy) is 1. The van der Waals surface area contributed by atoms with Gasteiger partial charge in [0.15, 0.2) is 6.29 Å². The van der Waals surface area contributed by atoms with Crippen LogP contribution >= 0.6 is 11.6 Å². The van der Waals surface area contributed by atoms with Crippen LogP contribution in [0, 0.1) is 5.82 Å². The molecule has 0 aromatic heterocycles. The first-order chi connectivity index (χ1) is 6.66. The van der Waals surface area contributed by atoms with Crippen molar-refractivity contribution in [3.63, 3.8) is 0 Å². The molecule has 1 saturated heterocycles. The first-order valence-corrected chi connectivity index (χ1v) is 4.54. The van der Waals surface area contributed by atoms with Crippen molar-refractivity contribution >= 4 is 17.3 Å². The van der Waals surface area contributed by atoms with Gasteiger partial charge >= 0.3 is 0 Å². The van der Waals surface area contributed by atoms with E-state index in [1.165, 1.54) is 12.1 Å². The average Bonchev–Trinajstić information content (AvgIpc) is 2.57. The van der Waals surface area contributed by atoms with E-state index in [1.807, 2.05) is 0 Å². The summed E-state index contributed by atoms with van der Waals surface area (Å²) in [5, 5.41) is 9.19. The molecule has 1 atom stereocenters.